The zero-order valence-electron chi connectivity index (χ0n) is 14.3. The molecule has 0 amide bonds. The standard InChI is InChI=1S/C18H31I3O2/c1-2-3-4-5-6-7-8-9-10-11-12-13-14-15-16-23-17(22)18(19,20)21/h5-6H,2-4,7-16H2,1H3/b6-5-. The number of carbonyl (C=O) groups is 1. The molecule has 0 aliphatic heterocycles. The Morgan fingerprint density at radius 1 is 0.826 bits per heavy atom. The minimum Gasteiger partial charge on any atom is -0.464 e. The Hall–Kier alpha value is 1.40. The van der Waals surface area contributed by atoms with Gasteiger partial charge in [-0.05, 0) is 93.5 Å². The molecule has 0 aromatic carbocycles. The van der Waals surface area contributed by atoms with Gasteiger partial charge >= 0.3 is 5.97 Å². The number of alkyl halides is 3. The van der Waals surface area contributed by atoms with E-state index in [4.69, 9.17) is 4.74 Å². The lowest BCUT2D eigenvalue weighted by Gasteiger charge is -2.11. The van der Waals surface area contributed by atoms with Crippen molar-refractivity contribution in [3.8, 4) is 0 Å². The third kappa shape index (κ3) is 18.0. The van der Waals surface area contributed by atoms with Crippen molar-refractivity contribution in [1.82, 2.24) is 0 Å². The number of rotatable bonds is 15. The molecule has 0 unspecified atom stereocenters. The third-order valence-electron chi connectivity index (χ3n) is 3.62. The van der Waals surface area contributed by atoms with E-state index in [1.54, 1.807) is 0 Å². The number of esters is 1. The Labute approximate surface area is 183 Å². The number of carbonyl (C=O) groups excluding carboxylic acids is 1. The summed E-state index contributed by atoms with van der Waals surface area (Å²) >= 11 is 6.29. The van der Waals surface area contributed by atoms with Crippen molar-refractivity contribution in [3.63, 3.8) is 0 Å². The summed E-state index contributed by atoms with van der Waals surface area (Å²) in [5, 5.41) is 0. The molecule has 0 spiro atoms. The van der Waals surface area contributed by atoms with Gasteiger partial charge < -0.3 is 4.74 Å². The molecule has 0 heterocycles. The molecule has 0 aromatic heterocycles. The topological polar surface area (TPSA) is 26.3 Å². The van der Waals surface area contributed by atoms with E-state index in [1.165, 1.54) is 70.6 Å². The molecule has 0 radical (unpaired) electrons. The first-order valence-electron chi connectivity index (χ1n) is 8.87. The molecular formula is C18H31I3O2. The highest BCUT2D eigenvalue weighted by molar-refractivity contribution is 14.3. The summed E-state index contributed by atoms with van der Waals surface area (Å²) in [4.78, 5) is 11.5. The molecule has 2 nitrogen and oxygen atoms in total. The van der Waals surface area contributed by atoms with E-state index in [0.717, 1.165) is 6.42 Å². The number of allylic oxidation sites excluding steroid dienone is 2. The second-order valence-electron chi connectivity index (χ2n) is 5.86. The molecule has 0 saturated carbocycles. The highest BCUT2D eigenvalue weighted by atomic mass is 127. The Morgan fingerprint density at radius 3 is 1.83 bits per heavy atom. The van der Waals surface area contributed by atoms with Crippen LogP contribution in [0.4, 0.5) is 0 Å². The maximum absolute atomic E-state index is 11.5. The minimum absolute atomic E-state index is 0.122. The van der Waals surface area contributed by atoms with E-state index in [2.05, 4.69) is 86.8 Å². The maximum Gasteiger partial charge on any atom is 0.342 e. The van der Waals surface area contributed by atoms with Crippen LogP contribution in [0.3, 0.4) is 0 Å². The molecule has 0 atom stereocenters. The van der Waals surface area contributed by atoms with Crippen molar-refractivity contribution in [2.45, 2.75) is 83.4 Å². The molecule has 136 valence electrons. The van der Waals surface area contributed by atoms with Gasteiger partial charge in [-0.25, -0.2) is 4.79 Å². The van der Waals surface area contributed by atoms with Gasteiger partial charge in [-0.2, -0.15) is 0 Å². The zero-order valence-corrected chi connectivity index (χ0v) is 20.8. The van der Waals surface area contributed by atoms with Crippen molar-refractivity contribution in [3.05, 3.63) is 12.2 Å². The summed E-state index contributed by atoms with van der Waals surface area (Å²) in [6, 6.07) is 0. The van der Waals surface area contributed by atoms with Crippen LogP contribution in [0.5, 0.6) is 0 Å². The molecule has 0 saturated heterocycles. The highest BCUT2D eigenvalue weighted by Crippen LogP contribution is 2.36. The minimum atomic E-state index is -0.460. The summed E-state index contributed by atoms with van der Waals surface area (Å²) in [6.07, 6.45) is 20.0. The van der Waals surface area contributed by atoms with Crippen LogP contribution in [0.15, 0.2) is 12.2 Å². The highest BCUT2D eigenvalue weighted by Gasteiger charge is 2.29. The first kappa shape index (κ1) is 24.4. The van der Waals surface area contributed by atoms with Crippen LogP contribution in [0.1, 0.15) is 84.0 Å². The van der Waals surface area contributed by atoms with Crippen molar-refractivity contribution >= 4 is 73.7 Å². The van der Waals surface area contributed by atoms with Crippen LogP contribution < -0.4 is 0 Å². The van der Waals surface area contributed by atoms with Crippen molar-refractivity contribution in [1.29, 1.82) is 0 Å². The van der Waals surface area contributed by atoms with E-state index < -0.39 is -0.565 Å². The second kappa shape index (κ2) is 16.8. The largest absolute Gasteiger partial charge is 0.464 e. The molecule has 0 rings (SSSR count). The molecule has 0 N–H and O–H groups in total. The van der Waals surface area contributed by atoms with Gasteiger partial charge in [0.2, 0.25) is -0.565 Å². The van der Waals surface area contributed by atoms with Crippen LogP contribution >= 0.6 is 67.8 Å². The quantitative estimate of drug-likeness (QED) is 0.0591. The summed E-state index contributed by atoms with van der Waals surface area (Å²) in [5.74, 6) is -0.122. The molecule has 0 bridgehead atoms. The normalized spacial score (nSPS) is 12.0. The predicted molar refractivity (Wildman–Crippen MR) is 126 cm³/mol. The maximum atomic E-state index is 11.5. The van der Waals surface area contributed by atoms with E-state index in [0.29, 0.717) is 6.61 Å². The first-order chi connectivity index (χ1) is 11.0. The summed E-state index contributed by atoms with van der Waals surface area (Å²) in [5.41, 5.74) is 0. The molecule has 0 aromatic rings. The lowest BCUT2D eigenvalue weighted by molar-refractivity contribution is -0.141. The lowest BCUT2D eigenvalue weighted by atomic mass is 10.1. The second-order valence-corrected chi connectivity index (χ2v) is 16.9. The molecular weight excluding hydrogens is 629 g/mol. The van der Waals surface area contributed by atoms with Crippen molar-refractivity contribution in [2.75, 3.05) is 6.61 Å². The molecule has 0 aliphatic carbocycles. The Morgan fingerprint density at radius 2 is 1.30 bits per heavy atom. The molecule has 5 heteroatoms. The lowest BCUT2D eigenvalue weighted by Crippen LogP contribution is -2.20. The SMILES string of the molecule is CCCC/C=C\CCCCCCCCCCOC(=O)C(I)(I)I. The smallest absolute Gasteiger partial charge is 0.342 e. The van der Waals surface area contributed by atoms with Crippen LogP contribution in [0.2, 0.25) is 0 Å². The Bertz CT molecular complexity index is 312. The van der Waals surface area contributed by atoms with Gasteiger partial charge in [-0.1, -0.05) is 70.4 Å². The summed E-state index contributed by atoms with van der Waals surface area (Å²) in [7, 11) is 0. The number of halogens is 3. The number of hydrogen-bond acceptors (Lipinski definition) is 2. The van der Waals surface area contributed by atoms with Crippen LogP contribution in [-0.2, 0) is 9.53 Å². The number of hydrogen-bond donors (Lipinski definition) is 0. The van der Waals surface area contributed by atoms with E-state index in [-0.39, 0.29) is 5.97 Å². The van der Waals surface area contributed by atoms with Gasteiger partial charge in [0.05, 0.1) is 6.61 Å². The predicted octanol–water partition coefficient (Wildman–Crippen LogP) is 7.75. The molecule has 0 fully saturated rings. The van der Waals surface area contributed by atoms with Crippen LogP contribution in [0, 0.1) is 0 Å². The zero-order chi connectivity index (χ0) is 17.4. The molecule has 23 heavy (non-hydrogen) atoms. The van der Waals surface area contributed by atoms with E-state index >= 15 is 0 Å². The fourth-order valence-electron chi connectivity index (χ4n) is 2.23. The van der Waals surface area contributed by atoms with Gasteiger partial charge in [0, 0.05) is 0 Å². The van der Waals surface area contributed by atoms with Crippen LogP contribution in [-0.4, -0.2) is 12.0 Å². The van der Waals surface area contributed by atoms with Gasteiger partial charge in [0.1, 0.15) is 0 Å². The fraction of sp³-hybridized carbons (Fsp3) is 0.833. The van der Waals surface area contributed by atoms with Gasteiger partial charge in [0.25, 0.3) is 0 Å². The first-order valence-corrected chi connectivity index (χ1v) is 12.1. The van der Waals surface area contributed by atoms with Crippen LogP contribution in [0.25, 0.3) is 0 Å². The summed E-state index contributed by atoms with van der Waals surface area (Å²) < 4.78 is 4.79. The summed E-state index contributed by atoms with van der Waals surface area (Å²) in [6.45, 7) is 2.81. The average molecular weight is 660 g/mol. The van der Waals surface area contributed by atoms with Gasteiger partial charge in [-0.3, -0.25) is 0 Å². The molecule has 0 aliphatic rings. The van der Waals surface area contributed by atoms with Crippen molar-refractivity contribution < 1.29 is 9.53 Å². The van der Waals surface area contributed by atoms with Crippen molar-refractivity contribution in [2.24, 2.45) is 0 Å². The Kier molecular flexibility index (Phi) is 17.9. The van der Waals surface area contributed by atoms with E-state index in [1.807, 2.05) is 0 Å². The number of unbranched alkanes of at least 4 members (excludes halogenated alkanes) is 10. The average Bonchev–Trinajstić information content (AvgIpc) is 2.50. The third-order valence-corrected chi connectivity index (χ3v) is 4.94. The van der Waals surface area contributed by atoms with Gasteiger partial charge in [-0.15, -0.1) is 0 Å². The van der Waals surface area contributed by atoms with E-state index in [9.17, 15) is 4.79 Å². The fourth-order valence-corrected chi connectivity index (χ4v) is 2.70. The monoisotopic (exact) mass is 660 g/mol. The Balaban J connectivity index is 3.19. The number of ether oxygens (including phenoxy) is 1. The van der Waals surface area contributed by atoms with Gasteiger partial charge in [0.15, 0.2) is 0 Å².